The van der Waals surface area contributed by atoms with E-state index in [0.717, 1.165) is 26.0 Å². The Morgan fingerprint density at radius 1 is 1.56 bits per heavy atom. The topological polar surface area (TPSA) is 34.4 Å². The highest BCUT2D eigenvalue weighted by atomic mass is 16.5. The first-order valence-electron chi connectivity index (χ1n) is 6.24. The molecule has 0 spiro atoms. The second-order valence-corrected chi connectivity index (χ2v) is 4.46. The summed E-state index contributed by atoms with van der Waals surface area (Å²) >= 11 is 0. The third-order valence-electron chi connectivity index (χ3n) is 3.13. The van der Waals surface area contributed by atoms with E-state index in [1.54, 1.807) is 6.26 Å². The summed E-state index contributed by atoms with van der Waals surface area (Å²) in [7, 11) is 0. The van der Waals surface area contributed by atoms with Gasteiger partial charge >= 0.3 is 0 Å². The Balaban J connectivity index is 1.83. The van der Waals surface area contributed by atoms with Crippen molar-refractivity contribution in [2.75, 3.05) is 13.2 Å². The number of hydrogen-bond acceptors (Lipinski definition) is 3. The van der Waals surface area contributed by atoms with E-state index in [9.17, 15) is 0 Å². The fourth-order valence-corrected chi connectivity index (χ4v) is 2.37. The van der Waals surface area contributed by atoms with E-state index in [-0.39, 0.29) is 0 Å². The fourth-order valence-electron chi connectivity index (χ4n) is 2.37. The zero-order chi connectivity index (χ0) is 11.2. The maximum atomic E-state index is 5.69. The summed E-state index contributed by atoms with van der Waals surface area (Å²) in [6, 6.07) is 2.55. The lowest BCUT2D eigenvalue weighted by Gasteiger charge is -2.20. The Hall–Kier alpha value is -0.800. The molecule has 2 atom stereocenters. The first-order valence-corrected chi connectivity index (χ1v) is 6.24. The third-order valence-corrected chi connectivity index (χ3v) is 3.13. The number of nitrogens with one attached hydrogen (secondary N) is 1. The molecule has 1 aromatic rings. The summed E-state index contributed by atoms with van der Waals surface area (Å²) in [5, 5.41) is 3.53. The summed E-state index contributed by atoms with van der Waals surface area (Å²) in [5.74, 6) is 0. The van der Waals surface area contributed by atoms with Crippen LogP contribution in [0.15, 0.2) is 23.0 Å². The van der Waals surface area contributed by atoms with Crippen molar-refractivity contribution in [2.24, 2.45) is 0 Å². The molecule has 1 aliphatic heterocycles. The molecule has 0 saturated carbocycles. The Morgan fingerprint density at radius 3 is 3.12 bits per heavy atom. The molecule has 3 nitrogen and oxygen atoms in total. The van der Waals surface area contributed by atoms with E-state index in [0.29, 0.717) is 12.1 Å². The molecule has 2 unspecified atom stereocenters. The highest BCUT2D eigenvalue weighted by molar-refractivity contribution is 5.07. The van der Waals surface area contributed by atoms with Gasteiger partial charge in [0.15, 0.2) is 0 Å². The van der Waals surface area contributed by atoms with Crippen LogP contribution in [0.5, 0.6) is 0 Å². The lowest BCUT2D eigenvalue weighted by atomic mass is 10.0. The van der Waals surface area contributed by atoms with Gasteiger partial charge in [0.25, 0.3) is 0 Å². The molecule has 3 heteroatoms. The van der Waals surface area contributed by atoms with E-state index < -0.39 is 0 Å². The van der Waals surface area contributed by atoms with Crippen LogP contribution in [0.2, 0.25) is 0 Å². The lowest BCUT2D eigenvalue weighted by Crippen LogP contribution is -2.34. The SMILES string of the molecule is CCNC(Cc1ccoc1)CC1CCCO1. The highest BCUT2D eigenvalue weighted by Gasteiger charge is 2.20. The molecule has 0 amide bonds. The zero-order valence-electron chi connectivity index (χ0n) is 9.95. The average molecular weight is 223 g/mol. The van der Waals surface area contributed by atoms with Crippen LogP contribution in [0.25, 0.3) is 0 Å². The van der Waals surface area contributed by atoms with E-state index in [1.807, 2.05) is 12.3 Å². The fraction of sp³-hybridized carbons (Fsp3) is 0.692. The predicted molar refractivity (Wildman–Crippen MR) is 63.5 cm³/mol. The summed E-state index contributed by atoms with van der Waals surface area (Å²) in [4.78, 5) is 0. The minimum absolute atomic E-state index is 0.455. The second-order valence-electron chi connectivity index (χ2n) is 4.46. The van der Waals surface area contributed by atoms with Crippen LogP contribution in [0.4, 0.5) is 0 Å². The van der Waals surface area contributed by atoms with Gasteiger partial charge < -0.3 is 14.5 Å². The molecule has 1 aromatic heterocycles. The normalized spacial score (nSPS) is 22.4. The van der Waals surface area contributed by atoms with Crippen LogP contribution in [-0.4, -0.2) is 25.3 Å². The van der Waals surface area contributed by atoms with Crippen LogP contribution in [0.3, 0.4) is 0 Å². The quantitative estimate of drug-likeness (QED) is 0.804. The summed E-state index contributed by atoms with van der Waals surface area (Å²) < 4.78 is 10.8. The monoisotopic (exact) mass is 223 g/mol. The first-order chi connectivity index (χ1) is 7.88. The Kier molecular flexibility index (Phi) is 4.43. The number of likely N-dealkylation sites (N-methyl/N-ethyl adjacent to an activating group) is 1. The first kappa shape index (κ1) is 11.7. The van der Waals surface area contributed by atoms with Crippen LogP contribution in [0, 0.1) is 0 Å². The van der Waals surface area contributed by atoms with E-state index in [2.05, 4.69) is 12.2 Å². The largest absolute Gasteiger partial charge is 0.472 e. The van der Waals surface area contributed by atoms with Crippen molar-refractivity contribution in [3.8, 4) is 0 Å². The van der Waals surface area contributed by atoms with Crippen molar-refractivity contribution in [1.29, 1.82) is 0 Å². The lowest BCUT2D eigenvalue weighted by molar-refractivity contribution is 0.0947. The van der Waals surface area contributed by atoms with Crippen molar-refractivity contribution < 1.29 is 9.15 Å². The Labute approximate surface area is 97.2 Å². The smallest absolute Gasteiger partial charge is 0.0935 e. The van der Waals surface area contributed by atoms with Crippen molar-refractivity contribution in [2.45, 2.75) is 44.8 Å². The summed E-state index contributed by atoms with van der Waals surface area (Å²) in [6.07, 6.45) is 8.60. The zero-order valence-corrected chi connectivity index (χ0v) is 9.95. The van der Waals surface area contributed by atoms with Gasteiger partial charge in [-0.05, 0) is 43.9 Å². The van der Waals surface area contributed by atoms with Crippen LogP contribution in [-0.2, 0) is 11.2 Å². The minimum Gasteiger partial charge on any atom is -0.472 e. The molecular formula is C13H21NO2. The number of ether oxygens (including phenoxy) is 1. The maximum absolute atomic E-state index is 5.69. The van der Waals surface area contributed by atoms with Gasteiger partial charge in [-0.2, -0.15) is 0 Å². The Bertz CT molecular complexity index is 278. The van der Waals surface area contributed by atoms with Gasteiger partial charge in [-0.15, -0.1) is 0 Å². The standard InChI is InChI=1S/C13H21NO2/c1-2-14-12(8-11-5-7-15-10-11)9-13-4-3-6-16-13/h5,7,10,12-14H,2-4,6,8-9H2,1H3. The molecule has 1 fully saturated rings. The second kappa shape index (κ2) is 6.06. The van der Waals surface area contributed by atoms with Gasteiger partial charge in [-0.25, -0.2) is 0 Å². The van der Waals surface area contributed by atoms with Crippen molar-refractivity contribution in [3.63, 3.8) is 0 Å². The average Bonchev–Trinajstić information content (AvgIpc) is 2.91. The molecule has 1 aliphatic rings. The van der Waals surface area contributed by atoms with Crippen LogP contribution >= 0.6 is 0 Å². The van der Waals surface area contributed by atoms with Crippen molar-refractivity contribution >= 4 is 0 Å². The summed E-state index contributed by atoms with van der Waals surface area (Å²) in [6.45, 7) is 4.10. The Morgan fingerprint density at radius 2 is 2.50 bits per heavy atom. The molecule has 1 saturated heterocycles. The van der Waals surface area contributed by atoms with Crippen LogP contribution < -0.4 is 5.32 Å². The molecule has 0 aromatic carbocycles. The molecular weight excluding hydrogens is 202 g/mol. The summed E-state index contributed by atoms with van der Waals surface area (Å²) in [5.41, 5.74) is 1.27. The number of rotatable bonds is 6. The molecule has 0 aliphatic carbocycles. The highest BCUT2D eigenvalue weighted by Crippen LogP contribution is 2.18. The predicted octanol–water partition coefficient (Wildman–Crippen LogP) is 2.37. The van der Waals surface area contributed by atoms with Gasteiger partial charge in [-0.1, -0.05) is 6.92 Å². The molecule has 90 valence electrons. The van der Waals surface area contributed by atoms with Crippen molar-refractivity contribution in [1.82, 2.24) is 5.32 Å². The maximum Gasteiger partial charge on any atom is 0.0935 e. The van der Waals surface area contributed by atoms with Gasteiger partial charge in [-0.3, -0.25) is 0 Å². The minimum atomic E-state index is 0.455. The third kappa shape index (κ3) is 3.35. The molecule has 2 heterocycles. The van der Waals surface area contributed by atoms with E-state index in [4.69, 9.17) is 9.15 Å². The van der Waals surface area contributed by atoms with Gasteiger partial charge in [0.05, 0.1) is 18.6 Å². The van der Waals surface area contributed by atoms with Crippen LogP contribution in [0.1, 0.15) is 31.7 Å². The van der Waals surface area contributed by atoms with E-state index >= 15 is 0 Å². The molecule has 1 N–H and O–H groups in total. The van der Waals surface area contributed by atoms with Gasteiger partial charge in [0.2, 0.25) is 0 Å². The van der Waals surface area contributed by atoms with Gasteiger partial charge in [0, 0.05) is 12.6 Å². The molecule has 16 heavy (non-hydrogen) atoms. The van der Waals surface area contributed by atoms with Crippen molar-refractivity contribution in [3.05, 3.63) is 24.2 Å². The molecule has 0 bridgehead atoms. The van der Waals surface area contributed by atoms with E-state index in [1.165, 1.54) is 18.4 Å². The van der Waals surface area contributed by atoms with Gasteiger partial charge in [0.1, 0.15) is 0 Å². The molecule has 2 rings (SSSR count). The number of furan rings is 1. The number of hydrogen-bond donors (Lipinski definition) is 1. The molecule has 0 radical (unpaired) electrons.